The predicted octanol–water partition coefficient (Wildman–Crippen LogP) is 1.69. The second-order valence-corrected chi connectivity index (χ2v) is 6.26. The predicted molar refractivity (Wildman–Crippen MR) is 83.7 cm³/mol. The molecule has 1 aromatic carbocycles. The van der Waals surface area contributed by atoms with E-state index in [1.165, 1.54) is 31.7 Å². The molecule has 0 heterocycles. The van der Waals surface area contributed by atoms with Gasteiger partial charge >= 0.3 is 0 Å². The highest BCUT2D eigenvalue weighted by molar-refractivity contribution is 7.80. The molecule has 2 bridgehead atoms. The second-order valence-electron chi connectivity index (χ2n) is 5.85. The molecule has 3 atom stereocenters. The van der Waals surface area contributed by atoms with E-state index in [1.807, 2.05) is 0 Å². The van der Waals surface area contributed by atoms with Crippen molar-refractivity contribution in [3.05, 3.63) is 29.8 Å². The van der Waals surface area contributed by atoms with Crippen molar-refractivity contribution in [3.63, 3.8) is 0 Å². The highest BCUT2D eigenvalue weighted by atomic mass is 32.1. The van der Waals surface area contributed by atoms with Gasteiger partial charge < -0.3 is 10.4 Å². The third-order valence-corrected chi connectivity index (χ3v) is 4.71. The first-order valence-corrected chi connectivity index (χ1v) is 7.69. The summed E-state index contributed by atoms with van der Waals surface area (Å²) in [6, 6.07) is 6.81. The fourth-order valence-corrected chi connectivity index (χ4v) is 3.67. The van der Waals surface area contributed by atoms with Gasteiger partial charge in [-0.1, -0.05) is 18.6 Å². The van der Waals surface area contributed by atoms with Gasteiger partial charge in [-0.05, 0) is 55.4 Å². The van der Waals surface area contributed by atoms with Gasteiger partial charge in [0.15, 0.2) is 5.11 Å². The van der Waals surface area contributed by atoms with E-state index in [1.54, 1.807) is 18.2 Å². The molecule has 0 radical (unpaired) electrons. The monoisotopic (exact) mass is 305 g/mol. The maximum Gasteiger partial charge on any atom is 0.273 e. The minimum atomic E-state index is -0.412. The first-order valence-electron chi connectivity index (χ1n) is 7.28. The van der Waals surface area contributed by atoms with Crippen molar-refractivity contribution < 1.29 is 9.90 Å². The smallest absolute Gasteiger partial charge is 0.273 e. The number of carbonyl (C=O) groups is 1. The maximum absolute atomic E-state index is 11.9. The van der Waals surface area contributed by atoms with Crippen LogP contribution in [0.25, 0.3) is 0 Å². The van der Waals surface area contributed by atoms with Crippen molar-refractivity contribution >= 4 is 23.2 Å². The summed E-state index contributed by atoms with van der Waals surface area (Å²) < 4.78 is 0. The van der Waals surface area contributed by atoms with Gasteiger partial charge in [0.05, 0.1) is 5.56 Å². The number of hydrazine groups is 1. The van der Waals surface area contributed by atoms with Gasteiger partial charge in [0, 0.05) is 6.04 Å². The Kier molecular flexibility index (Phi) is 3.96. The zero-order valence-corrected chi connectivity index (χ0v) is 12.5. The van der Waals surface area contributed by atoms with Crippen LogP contribution in [-0.2, 0) is 0 Å². The van der Waals surface area contributed by atoms with Crippen molar-refractivity contribution in [1.29, 1.82) is 0 Å². The van der Waals surface area contributed by atoms with Crippen LogP contribution in [0.3, 0.4) is 0 Å². The number of amides is 1. The zero-order valence-electron chi connectivity index (χ0n) is 11.6. The number of hydrogen-bond acceptors (Lipinski definition) is 3. The molecule has 4 N–H and O–H groups in total. The van der Waals surface area contributed by atoms with Crippen LogP contribution in [0, 0.1) is 11.8 Å². The van der Waals surface area contributed by atoms with E-state index >= 15 is 0 Å². The lowest BCUT2D eigenvalue weighted by molar-refractivity contribution is 0.0941. The average molecular weight is 305 g/mol. The summed E-state index contributed by atoms with van der Waals surface area (Å²) in [7, 11) is 0. The van der Waals surface area contributed by atoms with Crippen LogP contribution in [-0.4, -0.2) is 22.2 Å². The number of nitrogens with one attached hydrogen (secondary N) is 3. The number of phenolic OH excluding ortho intramolecular Hbond substituents is 1. The molecule has 1 aromatic rings. The van der Waals surface area contributed by atoms with Crippen LogP contribution in [0.1, 0.15) is 36.0 Å². The molecule has 1 amide bonds. The van der Waals surface area contributed by atoms with Crippen molar-refractivity contribution in [3.8, 4) is 5.75 Å². The molecule has 0 aromatic heterocycles. The van der Waals surface area contributed by atoms with Gasteiger partial charge in [-0.25, -0.2) is 0 Å². The van der Waals surface area contributed by atoms with Crippen LogP contribution in [0.2, 0.25) is 0 Å². The number of fused-ring (bicyclic) bond motifs is 2. The summed E-state index contributed by atoms with van der Waals surface area (Å²) in [5, 5.41) is 13.3. The van der Waals surface area contributed by atoms with Gasteiger partial charge in [-0.15, -0.1) is 0 Å². The highest BCUT2D eigenvalue weighted by Gasteiger charge is 2.39. The summed E-state index contributed by atoms with van der Waals surface area (Å²) in [6.07, 6.45) is 5.08. The summed E-state index contributed by atoms with van der Waals surface area (Å²) >= 11 is 5.21. The Morgan fingerprint density at radius 3 is 2.67 bits per heavy atom. The Morgan fingerprint density at radius 1 is 1.19 bits per heavy atom. The quantitative estimate of drug-likeness (QED) is 0.494. The summed E-state index contributed by atoms with van der Waals surface area (Å²) in [4.78, 5) is 11.9. The Bertz CT molecular complexity index is 564. The summed E-state index contributed by atoms with van der Waals surface area (Å²) in [6.45, 7) is 0. The molecule has 2 aliphatic rings. The van der Waals surface area contributed by atoms with Crippen LogP contribution >= 0.6 is 12.2 Å². The summed E-state index contributed by atoms with van der Waals surface area (Å²) in [5.74, 6) is 1.09. The fourth-order valence-electron chi connectivity index (χ4n) is 3.47. The van der Waals surface area contributed by atoms with E-state index in [-0.39, 0.29) is 11.3 Å². The number of para-hydroxylation sites is 1. The molecule has 0 aliphatic heterocycles. The molecule has 3 rings (SSSR count). The van der Waals surface area contributed by atoms with Gasteiger partial charge in [-0.2, -0.15) is 0 Å². The Balaban J connectivity index is 1.48. The summed E-state index contributed by atoms with van der Waals surface area (Å²) in [5.41, 5.74) is 5.42. The Labute approximate surface area is 129 Å². The highest BCUT2D eigenvalue weighted by Crippen LogP contribution is 2.44. The molecule has 5 nitrogen and oxygen atoms in total. The standard InChI is InChI=1S/C15H19N3O2S/c19-13-4-2-1-3-11(13)14(20)17-18-15(21)16-12-8-9-5-6-10(12)7-9/h1-4,9-10,12,19H,5-8H2,(H,17,20)(H2,16,18,21)/t9-,10-,12+/m0/s1. The van der Waals surface area contributed by atoms with Crippen LogP contribution in [0.4, 0.5) is 0 Å². The zero-order chi connectivity index (χ0) is 14.8. The molecular weight excluding hydrogens is 286 g/mol. The number of aromatic hydroxyl groups is 1. The van der Waals surface area contributed by atoms with Crippen LogP contribution in [0.15, 0.2) is 24.3 Å². The van der Waals surface area contributed by atoms with Crippen LogP contribution < -0.4 is 16.2 Å². The third kappa shape index (κ3) is 3.10. The third-order valence-electron chi connectivity index (χ3n) is 4.49. The van der Waals surface area contributed by atoms with Gasteiger partial charge in [0.2, 0.25) is 0 Å². The molecule has 2 aliphatic carbocycles. The minimum absolute atomic E-state index is 0.0521. The Hall–Kier alpha value is -1.82. The molecule has 0 saturated heterocycles. The number of rotatable bonds is 2. The SMILES string of the molecule is O=C(NNC(=S)N[C@@H]1C[C@H]2CC[C@H]1C2)c1ccccc1O. The van der Waals surface area contributed by atoms with E-state index in [2.05, 4.69) is 16.2 Å². The van der Waals surface area contributed by atoms with Crippen LogP contribution in [0.5, 0.6) is 5.75 Å². The largest absolute Gasteiger partial charge is 0.507 e. The number of carbonyl (C=O) groups excluding carboxylic acids is 1. The van der Waals surface area contributed by atoms with E-state index < -0.39 is 5.91 Å². The normalized spacial score (nSPS) is 26.4. The number of hydrogen-bond donors (Lipinski definition) is 4. The van der Waals surface area contributed by atoms with E-state index in [9.17, 15) is 9.90 Å². The molecule has 2 fully saturated rings. The molecule has 6 heteroatoms. The fraction of sp³-hybridized carbons (Fsp3) is 0.467. The minimum Gasteiger partial charge on any atom is -0.507 e. The number of phenols is 1. The van der Waals surface area contributed by atoms with Gasteiger partial charge in [0.1, 0.15) is 5.75 Å². The van der Waals surface area contributed by atoms with Gasteiger partial charge in [-0.3, -0.25) is 15.6 Å². The number of thiocarbonyl (C=S) groups is 1. The molecular formula is C15H19N3O2S. The van der Waals surface area contributed by atoms with E-state index in [0.29, 0.717) is 17.1 Å². The Morgan fingerprint density at radius 2 is 2.00 bits per heavy atom. The van der Waals surface area contributed by atoms with Crippen molar-refractivity contribution in [2.24, 2.45) is 11.8 Å². The molecule has 2 saturated carbocycles. The maximum atomic E-state index is 11.9. The van der Waals surface area contributed by atoms with Crippen molar-refractivity contribution in [2.75, 3.05) is 0 Å². The van der Waals surface area contributed by atoms with E-state index in [0.717, 1.165) is 5.92 Å². The lowest BCUT2D eigenvalue weighted by Gasteiger charge is -2.24. The van der Waals surface area contributed by atoms with Crippen molar-refractivity contribution in [2.45, 2.75) is 31.7 Å². The first-order chi connectivity index (χ1) is 10.1. The first kappa shape index (κ1) is 14.1. The molecule has 0 spiro atoms. The lowest BCUT2D eigenvalue weighted by atomic mass is 9.96. The molecule has 112 valence electrons. The second kappa shape index (κ2) is 5.89. The topological polar surface area (TPSA) is 73.4 Å². The average Bonchev–Trinajstić information content (AvgIpc) is 3.08. The lowest BCUT2D eigenvalue weighted by Crippen LogP contribution is -2.50. The van der Waals surface area contributed by atoms with Gasteiger partial charge in [0.25, 0.3) is 5.91 Å². The molecule has 0 unspecified atom stereocenters. The van der Waals surface area contributed by atoms with Crippen molar-refractivity contribution in [1.82, 2.24) is 16.2 Å². The molecule has 21 heavy (non-hydrogen) atoms. The van der Waals surface area contributed by atoms with E-state index in [4.69, 9.17) is 12.2 Å². The number of benzene rings is 1.